The largest absolute Gasteiger partial charge is 0.383 e. The number of hydrogen-bond donors (Lipinski definition) is 1. The van der Waals surface area contributed by atoms with Crippen LogP contribution in [0.1, 0.15) is 0 Å². The Morgan fingerprint density at radius 1 is 1.64 bits per heavy atom. The van der Waals surface area contributed by atoms with Crippen molar-refractivity contribution in [3.05, 3.63) is 21.9 Å². The van der Waals surface area contributed by atoms with Gasteiger partial charge in [0.25, 0.3) is 5.56 Å². The van der Waals surface area contributed by atoms with E-state index < -0.39 is 0 Å². The van der Waals surface area contributed by atoms with Crippen LogP contribution in [0.4, 0.5) is 5.82 Å². The van der Waals surface area contributed by atoms with Crippen LogP contribution in [0.2, 0.25) is 0 Å². The molecule has 2 aromatic heterocycles. The molecule has 0 aliphatic heterocycles. The van der Waals surface area contributed by atoms with Crippen molar-refractivity contribution in [1.82, 2.24) is 14.6 Å². The summed E-state index contributed by atoms with van der Waals surface area (Å²) in [7, 11) is 0. The Morgan fingerprint density at radius 2 is 2.45 bits per heavy atom. The number of nitrogens with zero attached hydrogens (tertiary/aromatic N) is 3. The molecule has 2 heterocycles. The topological polar surface area (TPSA) is 73.3 Å². The quantitative estimate of drug-likeness (QED) is 0.587. The highest BCUT2D eigenvalue weighted by Crippen LogP contribution is 2.11. The molecule has 0 radical (unpaired) electrons. The first-order valence-corrected chi connectivity index (χ1v) is 3.74. The summed E-state index contributed by atoms with van der Waals surface area (Å²) in [5.41, 5.74) is 5.15. The molecule has 6 heteroatoms. The van der Waals surface area contributed by atoms with Crippen LogP contribution < -0.4 is 11.3 Å². The Kier molecular flexibility index (Phi) is 1.16. The Morgan fingerprint density at radius 3 is 3.27 bits per heavy atom. The van der Waals surface area contributed by atoms with Crippen LogP contribution >= 0.6 is 11.3 Å². The zero-order valence-corrected chi connectivity index (χ0v) is 6.21. The second kappa shape index (κ2) is 2.03. The predicted octanol–water partition coefficient (Wildman–Crippen LogP) is -0.267. The highest BCUT2D eigenvalue weighted by atomic mass is 32.1. The zero-order chi connectivity index (χ0) is 7.84. The maximum atomic E-state index is 10.7. The van der Waals surface area contributed by atoms with Crippen molar-refractivity contribution in [1.29, 1.82) is 0 Å². The van der Waals surface area contributed by atoms with Gasteiger partial charge in [-0.05, 0) is 0 Å². The molecule has 0 amide bonds. The Bertz CT molecular complexity index is 445. The third-order valence-corrected chi connectivity index (χ3v) is 2.03. The van der Waals surface area contributed by atoms with Gasteiger partial charge >= 0.3 is 0 Å². The van der Waals surface area contributed by atoms with Gasteiger partial charge < -0.3 is 5.73 Å². The summed E-state index contributed by atoms with van der Waals surface area (Å²) >= 11 is 1.29. The zero-order valence-electron chi connectivity index (χ0n) is 5.39. The van der Waals surface area contributed by atoms with Gasteiger partial charge in [-0.2, -0.15) is 14.6 Å². The van der Waals surface area contributed by atoms with Gasteiger partial charge in [-0.15, -0.1) is 11.3 Å². The lowest BCUT2D eigenvalue weighted by atomic mass is 10.8. The SMILES string of the molecule is Nc1csc2nc(=O)cnn12. The van der Waals surface area contributed by atoms with Gasteiger partial charge in [-0.3, -0.25) is 4.79 Å². The molecule has 0 bridgehead atoms. The average Bonchev–Trinajstić information content (AvgIpc) is 2.32. The number of aromatic nitrogens is 3. The second-order valence-corrected chi connectivity index (χ2v) is 2.79. The van der Waals surface area contributed by atoms with E-state index in [0.29, 0.717) is 10.8 Å². The fourth-order valence-corrected chi connectivity index (χ4v) is 1.46. The van der Waals surface area contributed by atoms with E-state index in [2.05, 4.69) is 10.1 Å². The highest BCUT2D eigenvalue weighted by molar-refractivity contribution is 7.15. The fraction of sp³-hybridized carbons (Fsp3) is 0. The molecule has 2 N–H and O–H groups in total. The van der Waals surface area contributed by atoms with E-state index >= 15 is 0 Å². The van der Waals surface area contributed by atoms with Crippen molar-refractivity contribution < 1.29 is 0 Å². The molecule has 0 aliphatic carbocycles. The van der Waals surface area contributed by atoms with E-state index in [9.17, 15) is 4.79 Å². The molecule has 2 aromatic rings. The van der Waals surface area contributed by atoms with Gasteiger partial charge in [-0.25, -0.2) is 0 Å². The third-order valence-electron chi connectivity index (χ3n) is 1.20. The van der Waals surface area contributed by atoms with Gasteiger partial charge in [0.2, 0.25) is 4.96 Å². The van der Waals surface area contributed by atoms with Crippen molar-refractivity contribution in [2.75, 3.05) is 5.73 Å². The van der Waals surface area contributed by atoms with Crippen LogP contribution in [0.25, 0.3) is 4.96 Å². The summed E-state index contributed by atoms with van der Waals surface area (Å²) in [6.07, 6.45) is 1.14. The Balaban J connectivity index is 2.96. The molecule has 0 aromatic carbocycles. The van der Waals surface area contributed by atoms with Gasteiger partial charge in [0.05, 0.1) is 0 Å². The normalized spacial score (nSPS) is 10.5. The molecule has 0 saturated heterocycles. The molecule has 2 rings (SSSR count). The summed E-state index contributed by atoms with van der Waals surface area (Å²) in [5, 5.41) is 5.46. The van der Waals surface area contributed by atoms with Crippen molar-refractivity contribution in [2.45, 2.75) is 0 Å². The minimum Gasteiger partial charge on any atom is -0.383 e. The maximum Gasteiger partial charge on any atom is 0.292 e. The molecular weight excluding hydrogens is 164 g/mol. The molecule has 56 valence electrons. The number of nitrogen functional groups attached to an aromatic ring is 1. The number of hydrogen-bond acceptors (Lipinski definition) is 5. The van der Waals surface area contributed by atoms with Crippen LogP contribution in [0.15, 0.2) is 16.4 Å². The van der Waals surface area contributed by atoms with E-state index in [1.165, 1.54) is 15.9 Å². The van der Waals surface area contributed by atoms with Crippen LogP contribution in [0.5, 0.6) is 0 Å². The summed E-state index contributed by atoms with van der Waals surface area (Å²) in [6.45, 7) is 0. The fourth-order valence-electron chi connectivity index (χ4n) is 0.743. The van der Waals surface area contributed by atoms with Crippen molar-refractivity contribution >= 4 is 22.1 Å². The first-order valence-electron chi connectivity index (χ1n) is 2.86. The lowest BCUT2D eigenvalue weighted by Gasteiger charge is -1.89. The number of nitrogens with two attached hydrogens (primary N) is 1. The Hall–Kier alpha value is -1.43. The van der Waals surface area contributed by atoms with Crippen LogP contribution in [-0.2, 0) is 0 Å². The number of fused-ring (bicyclic) bond motifs is 1. The minimum absolute atomic E-state index is 0.341. The average molecular weight is 168 g/mol. The van der Waals surface area contributed by atoms with Crippen molar-refractivity contribution in [3.8, 4) is 0 Å². The smallest absolute Gasteiger partial charge is 0.292 e. The van der Waals surface area contributed by atoms with Crippen LogP contribution in [-0.4, -0.2) is 14.6 Å². The van der Waals surface area contributed by atoms with E-state index in [-0.39, 0.29) is 5.56 Å². The highest BCUT2D eigenvalue weighted by Gasteiger charge is 1.99. The second-order valence-electron chi connectivity index (χ2n) is 1.95. The summed E-state index contributed by atoms with van der Waals surface area (Å²) < 4.78 is 1.42. The minimum atomic E-state index is -0.341. The van der Waals surface area contributed by atoms with Gasteiger partial charge in [0.15, 0.2) is 0 Å². The van der Waals surface area contributed by atoms with Gasteiger partial charge in [0.1, 0.15) is 12.0 Å². The summed E-state index contributed by atoms with van der Waals surface area (Å²) in [4.78, 5) is 14.9. The molecule has 0 unspecified atom stereocenters. The number of rotatable bonds is 0. The van der Waals surface area contributed by atoms with Gasteiger partial charge in [-0.1, -0.05) is 0 Å². The number of anilines is 1. The summed E-state index contributed by atoms with van der Waals surface area (Å²) in [6, 6.07) is 0. The van der Waals surface area contributed by atoms with Gasteiger partial charge in [0, 0.05) is 5.38 Å². The lowest BCUT2D eigenvalue weighted by Crippen LogP contribution is -2.09. The van der Waals surface area contributed by atoms with Crippen molar-refractivity contribution in [3.63, 3.8) is 0 Å². The van der Waals surface area contributed by atoms with E-state index in [4.69, 9.17) is 5.73 Å². The first-order chi connectivity index (χ1) is 5.27. The molecule has 0 fully saturated rings. The summed E-state index contributed by atoms with van der Waals surface area (Å²) in [5.74, 6) is 0.498. The standard InChI is InChI=1S/C5H4N4OS/c6-3-2-11-5-8-4(10)1-7-9(3)5/h1-2H,6H2. The molecule has 5 nitrogen and oxygen atoms in total. The van der Waals surface area contributed by atoms with Crippen LogP contribution in [0.3, 0.4) is 0 Å². The monoisotopic (exact) mass is 168 g/mol. The molecule has 11 heavy (non-hydrogen) atoms. The predicted molar refractivity (Wildman–Crippen MR) is 41.5 cm³/mol. The molecule has 0 atom stereocenters. The molecular formula is C5H4N4OS. The number of thiazole rings is 1. The molecule has 0 saturated carbocycles. The maximum absolute atomic E-state index is 10.7. The van der Waals surface area contributed by atoms with Crippen molar-refractivity contribution in [2.24, 2.45) is 0 Å². The van der Waals surface area contributed by atoms with E-state index in [0.717, 1.165) is 6.20 Å². The van der Waals surface area contributed by atoms with E-state index in [1.54, 1.807) is 5.38 Å². The third kappa shape index (κ3) is 0.874. The van der Waals surface area contributed by atoms with Crippen LogP contribution in [0, 0.1) is 0 Å². The van der Waals surface area contributed by atoms with E-state index in [1.807, 2.05) is 0 Å². The first kappa shape index (κ1) is 6.29. The lowest BCUT2D eigenvalue weighted by molar-refractivity contribution is 0.909. The molecule has 0 spiro atoms. The Labute approximate surface area is 65.1 Å². The molecule has 0 aliphatic rings.